The van der Waals surface area contributed by atoms with Crippen molar-refractivity contribution in [3.8, 4) is 11.5 Å². The van der Waals surface area contributed by atoms with Crippen LogP contribution in [0.25, 0.3) is 0 Å². The van der Waals surface area contributed by atoms with Crippen LogP contribution in [0.2, 0.25) is 0 Å². The molecule has 136 valence electrons. The second kappa shape index (κ2) is 10.3. The van der Waals surface area contributed by atoms with Crippen LogP contribution in [-0.2, 0) is 6.42 Å². The minimum absolute atomic E-state index is 0. The summed E-state index contributed by atoms with van der Waals surface area (Å²) < 4.78 is 11.1. The number of methoxy groups -OCH3 is 1. The molecule has 1 fully saturated rings. The molecule has 0 bridgehead atoms. The van der Waals surface area contributed by atoms with E-state index in [-0.39, 0.29) is 12.4 Å². The van der Waals surface area contributed by atoms with Crippen molar-refractivity contribution in [2.24, 2.45) is 0 Å². The highest BCUT2D eigenvalue weighted by atomic mass is 35.5. The van der Waals surface area contributed by atoms with E-state index in [1.54, 1.807) is 7.11 Å². The van der Waals surface area contributed by atoms with Gasteiger partial charge >= 0.3 is 0 Å². The van der Waals surface area contributed by atoms with Crippen molar-refractivity contribution < 1.29 is 9.47 Å². The average molecular weight is 362 g/mol. The Balaban J connectivity index is 0.00000225. The van der Waals surface area contributed by atoms with E-state index in [0.717, 1.165) is 31.1 Å². The van der Waals surface area contributed by atoms with Gasteiger partial charge in [0.25, 0.3) is 0 Å². The maximum Gasteiger partial charge on any atom is 0.119 e. The maximum atomic E-state index is 5.89. The topological polar surface area (TPSA) is 21.7 Å². The molecule has 0 spiro atoms. The fourth-order valence-corrected chi connectivity index (χ4v) is 3.16. The smallest absolute Gasteiger partial charge is 0.119 e. The summed E-state index contributed by atoms with van der Waals surface area (Å²) in [4.78, 5) is 2.50. The number of nitrogens with zero attached hydrogens (tertiary/aromatic N) is 1. The summed E-state index contributed by atoms with van der Waals surface area (Å²) >= 11 is 0. The fourth-order valence-electron chi connectivity index (χ4n) is 3.16. The van der Waals surface area contributed by atoms with Gasteiger partial charge in [0.15, 0.2) is 0 Å². The van der Waals surface area contributed by atoms with Gasteiger partial charge < -0.3 is 9.47 Å². The first-order valence-corrected chi connectivity index (χ1v) is 8.90. The first-order valence-electron chi connectivity index (χ1n) is 8.90. The van der Waals surface area contributed by atoms with Crippen LogP contribution in [0.15, 0.2) is 48.5 Å². The van der Waals surface area contributed by atoms with Gasteiger partial charge in [0, 0.05) is 6.54 Å². The third-order valence-corrected chi connectivity index (χ3v) is 4.62. The lowest BCUT2D eigenvalue weighted by Crippen LogP contribution is -2.33. The predicted octanol–water partition coefficient (Wildman–Crippen LogP) is 4.57. The Morgan fingerprint density at radius 3 is 1.92 bits per heavy atom. The number of halogens is 1. The number of benzene rings is 2. The minimum atomic E-state index is 0. The third-order valence-electron chi connectivity index (χ3n) is 4.62. The molecule has 2 aromatic carbocycles. The lowest BCUT2D eigenvalue weighted by molar-refractivity contribution is 0.183. The van der Waals surface area contributed by atoms with Crippen LogP contribution >= 0.6 is 12.4 Å². The third kappa shape index (κ3) is 6.26. The monoisotopic (exact) mass is 361 g/mol. The Morgan fingerprint density at radius 2 is 1.36 bits per heavy atom. The summed E-state index contributed by atoms with van der Waals surface area (Å²) in [6, 6.07) is 16.7. The standard InChI is InChI=1S/C21H27NO2.ClH/c1-23-20-9-5-18(6-10-20)17-19-7-11-21(12-8-19)24-16-15-22-13-3-2-4-14-22;/h5-12H,2-4,13-17H2,1H3;1H. The molecule has 3 rings (SSSR count). The molecule has 4 heteroatoms. The van der Waals surface area contributed by atoms with Crippen molar-refractivity contribution in [2.75, 3.05) is 33.4 Å². The first-order chi connectivity index (χ1) is 11.8. The van der Waals surface area contributed by atoms with E-state index in [2.05, 4.69) is 41.3 Å². The van der Waals surface area contributed by atoms with Crippen molar-refractivity contribution in [3.05, 3.63) is 59.7 Å². The van der Waals surface area contributed by atoms with Crippen molar-refractivity contribution >= 4 is 12.4 Å². The molecule has 0 aliphatic carbocycles. The Hall–Kier alpha value is -1.71. The zero-order valence-electron chi connectivity index (χ0n) is 14.9. The molecule has 0 amide bonds. The lowest BCUT2D eigenvalue weighted by Gasteiger charge is -2.26. The van der Waals surface area contributed by atoms with Crippen LogP contribution in [-0.4, -0.2) is 38.3 Å². The number of rotatable bonds is 7. The van der Waals surface area contributed by atoms with Gasteiger partial charge in [0.1, 0.15) is 18.1 Å². The van der Waals surface area contributed by atoms with Crippen LogP contribution in [0.3, 0.4) is 0 Å². The summed E-state index contributed by atoms with van der Waals surface area (Å²) in [5.74, 6) is 1.86. The summed E-state index contributed by atoms with van der Waals surface area (Å²) in [5, 5.41) is 0. The quantitative estimate of drug-likeness (QED) is 0.720. The van der Waals surface area contributed by atoms with Crippen molar-refractivity contribution in [3.63, 3.8) is 0 Å². The van der Waals surface area contributed by atoms with Crippen molar-refractivity contribution in [1.29, 1.82) is 0 Å². The Bertz CT molecular complexity index is 607. The molecule has 0 aromatic heterocycles. The average Bonchev–Trinajstić information content (AvgIpc) is 2.65. The SMILES string of the molecule is COc1ccc(Cc2ccc(OCCN3CCCCC3)cc2)cc1.Cl. The molecule has 0 N–H and O–H groups in total. The minimum Gasteiger partial charge on any atom is -0.497 e. The van der Waals surface area contributed by atoms with E-state index in [9.17, 15) is 0 Å². The van der Waals surface area contributed by atoms with Crippen molar-refractivity contribution in [2.45, 2.75) is 25.7 Å². The van der Waals surface area contributed by atoms with Gasteiger partial charge in [-0.25, -0.2) is 0 Å². The van der Waals surface area contributed by atoms with Gasteiger partial charge in [-0.1, -0.05) is 30.7 Å². The normalized spacial score (nSPS) is 14.6. The molecule has 1 aliphatic rings. The van der Waals surface area contributed by atoms with Gasteiger partial charge in [0.2, 0.25) is 0 Å². The molecule has 1 saturated heterocycles. The van der Waals surface area contributed by atoms with Gasteiger partial charge in [-0.2, -0.15) is 0 Å². The number of ether oxygens (including phenoxy) is 2. The van der Waals surface area contributed by atoms with E-state index in [4.69, 9.17) is 9.47 Å². The zero-order valence-corrected chi connectivity index (χ0v) is 15.8. The maximum absolute atomic E-state index is 5.89. The molecule has 2 aromatic rings. The lowest BCUT2D eigenvalue weighted by atomic mass is 10.0. The molecule has 3 nitrogen and oxygen atoms in total. The Morgan fingerprint density at radius 1 is 0.800 bits per heavy atom. The predicted molar refractivity (Wildman–Crippen MR) is 105 cm³/mol. The largest absolute Gasteiger partial charge is 0.497 e. The summed E-state index contributed by atoms with van der Waals surface area (Å²) in [5.41, 5.74) is 2.58. The van der Waals surface area contributed by atoms with Crippen LogP contribution in [0.5, 0.6) is 11.5 Å². The van der Waals surface area contributed by atoms with E-state index >= 15 is 0 Å². The molecule has 0 saturated carbocycles. The van der Waals surface area contributed by atoms with Crippen LogP contribution in [0.4, 0.5) is 0 Å². The molecule has 0 radical (unpaired) electrons. The highest BCUT2D eigenvalue weighted by Crippen LogP contribution is 2.18. The van der Waals surface area contributed by atoms with E-state index in [1.807, 2.05) is 12.1 Å². The van der Waals surface area contributed by atoms with E-state index < -0.39 is 0 Å². The second-order valence-corrected chi connectivity index (χ2v) is 6.42. The Labute approximate surface area is 157 Å². The Kier molecular flexibility index (Phi) is 8.10. The molecular weight excluding hydrogens is 334 g/mol. The van der Waals surface area contributed by atoms with E-state index in [1.165, 1.54) is 43.5 Å². The number of hydrogen-bond acceptors (Lipinski definition) is 3. The molecule has 0 atom stereocenters. The first kappa shape index (κ1) is 19.6. The zero-order chi connectivity index (χ0) is 16.6. The molecule has 1 aliphatic heterocycles. The van der Waals surface area contributed by atoms with Gasteiger partial charge in [-0.3, -0.25) is 4.90 Å². The number of likely N-dealkylation sites (tertiary alicyclic amines) is 1. The van der Waals surface area contributed by atoms with Crippen LogP contribution in [0.1, 0.15) is 30.4 Å². The molecule has 0 unspecified atom stereocenters. The summed E-state index contributed by atoms with van der Waals surface area (Å²) in [6.45, 7) is 4.26. The van der Waals surface area contributed by atoms with Crippen molar-refractivity contribution in [1.82, 2.24) is 4.90 Å². The molecule has 1 heterocycles. The molecular formula is C21H28ClNO2. The highest BCUT2D eigenvalue weighted by Gasteiger charge is 2.09. The van der Waals surface area contributed by atoms with Gasteiger partial charge in [-0.05, 0) is 67.7 Å². The fraction of sp³-hybridized carbons (Fsp3) is 0.429. The number of hydrogen-bond donors (Lipinski definition) is 0. The second-order valence-electron chi connectivity index (χ2n) is 6.42. The summed E-state index contributed by atoms with van der Waals surface area (Å²) in [7, 11) is 1.69. The van der Waals surface area contributed by atoms with Gasteiger partial charge in [0.05, 0.1) is 7.11 Å². The number of piperidine rings is 1. The van der Waals surface area contributed by atoms with E-state index in [0.29, 0.717) is 0 Å². The van der Waals surface area contributed by atoms with Crippen LogP contribution < -0.4 is 9.47 Å². The molecule has 25 heavy (non-hydrogen) atoms. The highest BCUT2D eigenvalue weighted by molar-refractivity contribution is 5.85. The van der Waals surface area contributed by atoms with Gasteiger partial charge in [-0.15, -0.1) is 12.4 Å². The van der Waals surface area contributed by atoms with Crippen LogP contribution in [0, 0.1) is 0 Å². The summed E-state index contributed by atoms with van der Waals surface area (Å²) in [6.07, 6.45) is 4.98.